The zero-order chi connectivity index (χ0) is 19.6. The van der Waals surface area contributed by atoms with E-state index < -0.39 is 17.2 Å². The van der Waals surface area contributed by atoms with Gasteiger partial charge in [-0.05, 0) is 30.3 Å². The van der Waals surface area contributed by atoms with Crippen molar-refractivity contribution >= 4 is 44.2 Å². The normalized spacial score (nSPS) is 11.1. The quantitative estimate of drug-likeness (QED) is 0.462. The van der Waals surface area contributed by atoms with Crippen molar-refractivity contribution in [2.24, 2.45) is 10.2 Å². The molecule has 1 aromatic heterocycles. The first kappa shape index (κ1) is 18.6. The van der Waals surface area contributed by atoms with Gasteiger partial charge < -0.3 is 19.0 Å². The van der Waals surface area contributed by atoms with Crippen LogP contribution in [-0.4, -0.2) is 25.3 Å². The van der Waals surface area contributed by atoms with E-state index >= 15 is 0 Å². The first-order chi connectivity index (χ1) is 12.9. The maximum Gasteiger partial charge on any atom is 0.351 e. The van der Waals surface area contributed by atoms with Crippen LogP contribution in [-0.2, 0) is 0 Å². The highest BCUT2D eigenvalue weighted by Crippen LogP contribution is 2.36. The lowest BCUT2D eigenvalue weighted by Gasteiger charge is -2.07. The number of fused-ring (bicyclic) bond motifs is 1. The van der Waals surface area contributed by atoms with Gasteiger partial charge in [0.05, 0.1) is 14.2 Å². The lowest BCUT2D eigenvalue weighted by Crippen LogP contribution is -2.12. The van der Waals surface area contributed by atoms with Crippen LogP contribution in [0.2, 0.25) is 0 Å². The molecule has 0 saturated heterocycles. The smallest absolute Gasteiger partial charge is 0.351 e. The summed E-state index contributed by atoms with van der Waals surface area (Å²) in [5.41, 5.74) is -0.396. The summed E-state index contributed by atoms with van der Waals surface area (Å²) >= 11 is 3.35. The van der Waals surface area contributed by atoms with Crippen molar-refractivity contribution in [3.05, 3.63) is 56.9 Å². The third-order valence-electron chi connectivity index (χ3n) is 3.67. The Kier molecular flexibility index (Phi) is 5.22. The molecule has 0 saturated carbocycles. The van der Waals surface area contributed by atoms with Crippen LogP contribution in [0.25, 0.3) is 11.0 Å². The molecule has 138 valence electrons. The number of halogens is 1. The van der Waals surface area contributed by atoms with Gasteiger partial charge in [-0.25, -0.2) is 9.59 Å². The minimum absolute atomic E-state index is 0.182. The Morgan fingerprint density at radius 3 is 2.37 bits per heavy atom. The topological polar surface area (TPSA) is 111 Å². The Bertz CT molecular complexity index is 1120. The van der Waals surface area contributed by atoms with Crippen molar-refractivity contribution in [1.82, 2.24) is 0 Å². The minimum atomic E-state index is -1.37. The van der Waals surface area contributed by atoms with Gasteiger partial charge in [-0.15, -0.1) is 10.2 Å². The molecule has 1 N–H and O–H groups in total. The van der Waals surface area contributed by atoms with E-state index in [1.165, 1.54) is 32.4 Å². The fourth-order valence-corrected chi connectivity index (χ4v) is 2.71. The number of ether oxygens (including phenoxy) is 2. The Balaban J connectivity index is 2.11. The lowest BCUT2D eigenvalue weighted by molar-refractivity contribution is 0.0692. The standard InChI is InChI=1S/C18H13BrN2O6/c1-25-15-7-10(19)3-4-12(15)20-21-13-6-9-5-11(17(22)23)18(24)27-14(9)8-16(13)26-2/h3-8H,1-2H3,(H,22,23)/b21-20+. The third kappa shape index (κ3) is 3.82. The van der Waals surface area contributed by atoms with Crippen LogP contribution in [0.4, 0.5) is 11.4 Å². The van der Waals surface area contributed by atoms with Crippen molar-refractivity contribution < 1.29 is 23.8 Å². The molecule has 8 nitrogen and oxygen atoms in total. The van der Waals surface area contributed by atoms with E-state index in [9.17, 15) is 9.59 Å². The van der Waals surface area contributed by atoms with E-state index in [2.05, 4.69) is 26.2 Å². The molecule has 0 fully saturated rings. The van der Waals surface area contributed by atoms with Gasteiger partial charge in [-0.3, -0.25) is 0 Å². The number of carboxylic acids is 1. The highest BCUT2D eigenvalue weighted by atomic mass is 79.9. The van der Waals surface area contributed by atoms with Crippen LogP contribution >= 0.6 is 15.9 Å². The summed E-state index contributed by atoms with van der Waals surface area (Å²) in [6, 6.07) is 9.47. The molecular formula is C18H13BrN2O6. The molecule has 2 aromatic carbocycles. The Hall–Kier alpha value is -3.20. The first-order valence-corrected chi connectivity index (χ1v) is 8.36. The maximum atomic E-state index is 11.7. The number of azo groups is 1. The second kappa shape index (κ2) is 7.58. The van der Waals surface area contributed by atoms with E-state index in [1.54, 1.807) is 18.2 Å². The molecule has 0 aliphatic carbocycles. The predicted octanol–water partition coefficient (Wildman–Crippen LogP) is 4.69. The van der Waals surface area contributed by atoms with E-state index in [1.807, 2.05) is 0 Å². The van der Waals surface area contributed by atoms with Crippen molar-refractivity contribution in [3.8, 4) is 11.5 Å². The molecule has 3 rings (SSSR count). The molecule has 0 aliphatic rings. The second-order valence-electron chi connectivity index (χ2n) is 5.33. The summed E-state index contributed by atoms with van der Waals surface area (Å²) in [6.45, 7) is 0. The Labute approximate surface area is 161 Å². The minimum Gasteiger partial charge on any atom is -0.494 e. The monoisotopic (exact) mass is 432 g/mol. The fraction of sp³-hybridized carbons (Fsp3) is 0.111. The molecule has 0 spiro atoms. The zero-order valence-corrected chi connectivity index (χ0v) is 15.8. The maximum absolute atomic E-state index is 11.7. The molecule has 0 bridgehead atoms. The number of carbonyl (C=O) groups is 1. The number of nitrogens with zero attached hydrogens (tertiary/aromatic N) is 2. The van der Waals surface area contributed by atoms with Crippen LogP contribution < -0.4 is 15.1 Å². The van der Waals surface area contributed by atoms with Gasteiger partial charge in [0.25, 0.3) is 0 Å². The second-order valence-corrected chi connectivity index (χ2v) is 6.25. The van der Waals surface area contributed by atoms with Crippen molar-refractivity contribution in [2.45, 2.75) is 0 Å². The van der Waals surface area contributed by atoms with Gasteiger partial charge in [0.1, 0.15) is 34.0 Å². The van der Waals surface area contributed by atoms with E-state index in [0.717, 1.165) is 4.47 Å². The van der Waals surface area contributed by atoms with Gasteiger partial charge in [0.2, 0.25) is 0 Å². The number of aromatic carboxylic acids is 1. The van der Waals surface area contributed by atoms with Crippen LogP contribution in [0.5, 0.6) is 11.5 Å². The van der Waals surface area contributed by atoms with Gasteiger partial charge in [0, 0.05) is 15.9 Å². The molecule has 0 radical (unpaired) electrons. The number of methoxy groups -OCH3 is 2. The third-order valence-corrected chi connectivity index (χ3v) is 4.16. The van der Waals surface area contributed by atoms with Gasteiger partial charge in [0.15, 0.2) is 0 Å². The summed E-state index contributed by atoms with van der Waals surface area (Å²) in [5, 5.41) is 17.8. The fourth-order valence-electron chi connectivity index (χ4n) is 2.37. The summed E-state index contributed by atoms with van der Waals surface area (Å²) in [6.07, 6.45) is 0. The van der Waals surface area contributed by atoms with E-state index in [4.69, 9.17) is 19.0 Å². The molecule has 27 heavy (non-hydrogen) atoms. The predicted molar refractivity (Wildman–Crippen MR) is 101 cm³/mol. The van der Waals surface area contributed by atoms with Gasteiger partial charge >= 0.3 is 11.6 Å². The number of rotatable bonds is 5. The summed E-state index contributed by atoms with van der Waals surface area (Å²) in [7, 11) is 2.96. The van der Waals surface area contributed by atoms with Crippen LogP contribution in [0.3, 0.4) is 0 Å². The molecule has 0 aliphatic heterocycles. The average molecular weight is 433 g/mol. The number of hydrogen-bond acceptors (Lipinski definition) is 7. The number of hydrogen-bond donors (Lipinski definition) is 1. The van der Waals surface area contributed by atoms with Crippen molar-refractivity contribution in [1.29, 1.82) is 0 Å². The zero-order valence-electron chi connectivity index (χ0n) is 14.2. The van der Waals surface area contributed by atoms with Crippen LogP contribution in [0.1, 0.15) is 10.4 Å². The molecular weight excluding hydrogens is 420 g/mol. The Morgan fingerprint density at radius 2 is 1.70 bits per heavy atom. The molecule has 3 aromatic rings. The Morgan fingerprint density at radius 1 is 1.04 bits per heavy atom. The number of benzene rings is 2. The van der Waals surface area contributed by atoms with E-state index in [-0.39, 0.29) is 5.58 Å². The van der Waals surface area contributed by atoms with E-state index in [0.29, 0.717) is 28.3 Å². The summed E-state index contributed by atoms with van der Waals surface area (Å²) < 4.78 is 16.4. The number of carboxylic acid groups (broad SMARTS) is 1. The highest BCUT2D eigenvalue weighted by molar-refractivity contribution is 9.10. The van der Waals surface area contributed by atoms with Crippen molar-refractivity contribution in [2.75, 3.05) is 14.2 Å². The average Bonchev–Trinajstić information content (AvgIpc) is 2.65. The van der Waals surface area contributed by atoms with Gasteiger partial charge in [-0.1, -0.05) is 15.9 Å². The summed E-state index contributed by atoms with van der Waals surface area (Å²) in [4.78, 5) is 22.9. The molecule has 1 heterocycles. The highest BCUT2D eigenvalue weighted by Gasteiger charge is 2.15. The van der Waals surface area contributed by atoms with Crippen molar-refractivity contribution in [3.63, 3.8) is 0 Å². The van der Waals surface area contributed by atoms with Crippen LogP contribution in [0.15, 0.2) is 60.3 Å². The summed E-state index contributed by atoms with van der Waals surface area (Å²) in [5.74, 6) is -0.537. The largest absolute Gasteiger partial charge is 0.494 e. The lowest BCUT2D eigenvalue weighted by atomic mass is 10.1. The molecule has 0 amide bonds. The van der Waals surface area contributed by atoms with Gasteiger partial charge in [-0.2, -0.15) is 0 Å². The first-order valence-electron chi connectivity index (χ1n) is 7.57. The molecule has 0 unspecified atom stereocenters. The molecule has 0 atom stereocenters. The SMILES string of the molecule is COc1cc(Br)ccc1/N=N/c1cc2cc(C(=O)O)c(=O)oc2cc1OC. The molecule has 9 heteroatoms. The van der Waals surface area contributed by atoms with Crippen LogP contribution in [0, 0.1) is 0 Å².